The van der Waals surface area contributed by atoms with Crippen molar-refractivity contribution in [3.05, 3.63) is 29.8 Å². The molecular weight excluding hydrogens is 312 g/mol. The molecule has 2 rings (SSSR count). The molecule has 0 amide bonds. The first-order chi connectivity index (χ1) is 9.47. The molecule has 4 nitrogen and oxygen atoms in total. The van der Waals surface area contributed by atoms with Gasteiger partial charge in [0.2, 0.25) is 10.0 Å². The fraction of sp³-hybridized carbons (Fsp3) is 0.538. The second-order valence-electron chi connectivity index (χ2n) is 4.81. The summed E-state index contributed by atoms with van der Waals surface area (Å²) in [5.74, 6) is 3.69. The Bertz CT molecular complexity index is 525. The first-order valence-electron chi connectivity index (χ1n) is 6.52. The molecule has 0 aliphatic carbocycles. The van der Waals surface area contributed by atoms with Crippen LogP contribution in [0.1, 0.15) is 18.5 Å². The van der Waals surface area contributed by atoms with Gasteiger partial charge in [-0.3, -0.25) is 0 Å². The van der Waals surface area contributed by atoms with Gasteiger partial charge in [-0.2, -0.15) is 23.5 Å². The summed E-state index contributed by atoms with van der Waals surface area (Å²) in [5.41, 5.74) is 1.07. The van der Waals surface area contributed by atoms with E-state index in [1.807, 2.05) is 35.7 Å². The van der Waals surface area contributed by atoms with Gasteiger partial charge < -0.3 is 5.32 Å². The summed E-state index contributed by atoms with van der Waals surface area (Å²) in [6.07, 6.45) is 0. The van der Waals surface area contributed by atoms with Crippen molar-refractivity contribution >= 4 is 33.5 Å². The maximum atomic E-state index is 11.2. The highest BCUT2D eigenvalue weighted by Gasteiger charge is 2.16. The fourth-order valence-corrected chi connectivity index (χ4v) is 5.17. The minimum atomic E-state index is -3.60. The average molecular weight is 333 g/mol. The minimum Gasteiger partial charge on any atom is -0.309 e. The van der Waals surface area contributed by atoms with Crippen LogP contribution in [0.4, 0.5) is 0 Å². The van der Waals surface area contributed by atoms with Crippen LogP contribution in [0, 0.1) is 0 Å². The number of primary sulfonamides is 1. The van der Waals surface area contributed by atoms with Gasteiger partial charge in [0.05, 0.1) is 4.90 Å². The van der Waals surface area contributed by atoms with Gasteiger partial charge >= 0.3 is 0 Å². The lowest BCUT2D eigenvalue weighted by molar-refractivity contribution is 0.576. The number of nitrogens with one attached hydrogen (secondary N) is 1. The van der Waals surface area contributed by atoms with E-state index < -0.39 is 10.0 Å². The molecule has 0 bridgehead atoms. The zero-order chi connectivity index (χ0) is 14.6. The van der Waals surface area contributed by atoms with Crippen LogP contribution in [0.3, 0.4) is 0 Å². The van der Waals surface area contributed by atoms with E-state index in [1.54, 1.807) is 12.1 Å². The summed E-state index contributed by atoms with van der Waals surface area (Å²) in [6, 6.07) is 6.97. The summed E-state index contributed by atoms with van der Waals surface area (Å²) in [5, 5.41) is 9.27. The third-order valence-electron chi connectivity index (χ3n) is 3.25. The van der Waals surface area contributed by atoms with E-state index in [9.17, 15) is 8.42 Å². The molecule has 1 aromatic carbocycles. The second kappa shape index (κ2) is 7.17. The second-order valence-corrected chi connectivity index (χ2v) is 8.93. The van der Waals surface area contributed by atoms with Crippen molar-refractivity contribution in [2.24, 2.45) is 5.14 Å². The molecule has 7 heteroatoms. The van der Waals surface area contributed by atoms with Gasteiger partial charge in [-0.15, -0.1) is 0 Å². The largest absolute Gasteiger partial charge is 0.309 e. The van der Waals surface area contributed by atoms with Gasteiger partial charge in [0.25, 0.3) is 0 Å². The van der Waals surface area contributed by atoms with E-state index in [-0.39, 0.29) is 10.9 Å². The first-order valence-corrected chi connectivity index (χ1v) is 10.3. The van der Waals surface area contributed by atoms with Crippen LogP contribution in [0.15, 0.2) is 29.2 Å². The molecule has 1 saturated heterocycles. The zero-order valence-corrected chi connectivity index (χ0v) is 13.9. The lowest BCUT2D eigenvalue weighted by Crippen LogP contribution is -2.30. The van der Waals surface area contributed by atoms with Crippen molar-refractivity contribution in [1.29, 1.82) is 0 Å². The van der Waals surface area contributed by atoms with E-state index in [0.29, 0.717) is 5.25 Å². The van der Waals surface area contributed by atoms with Crippen molar-refractivity contribution in [2.45, 2.75) is 23.1 Å². The number of hydrogen-bond acceptors (Lipinski definition) is 5. The Balaban J connectivity index is 1.90. The Labute approximate surface area is 129 Å². The Kier molecular flexibility index (Phi) is 5.80. The maximum absolute atomic E-state index is 11.2. The molecular formula is C13H20N2O2S3. The number of hydrogen-bond donors (Lipinski definition) is 2. The zero-order valence-electron chi connectivity index (χ0n) is 11.4. The lowest BCUT2D eigenvalue weighted by Gasteiger charge is -2.23. The SMILES string of the molecule is CC(NCC1CSCCS1)c1ccc(S(N)(=O)=O)cc1. The quantitative estimate of drug-likeness (QED) is 0.861. The topological polar surface area (TPSA) is 72.2 Å². The Morgan fingerprint density at radius 3 is 2.60 bits per heavy atom. The predicted octanol–water partition coefficient (Wildman–Crippen LogP) is 1.83. The van der Waals surface area contributed by atoms with Crippen LogP contribution in [0.5, 0.6) is 0 Å². The molecule has 20 heavy (non-hydrogen) atoms. The van der Waals surface area contributed by atoms with Gasteiger partial charge in [-0.1, -0.05) is 12.1 Å². The summed E-state index contributed by atoms with van der Waals surface area (Å²) in [4.78, 5) is 0.160. The minimum absolute atomic E-state index is 0.160. The van der Waals surface area contributed by atoms with Crippen molar-refractivity contribution < 1.29 is 8.42 Å². The Morgan fingerprint density at radius 2 is 2.05 bits per heavy atom. The number of nitrogens with two attached hydrogens (primary N) is 1. The van der Waals surface area contributed by atoms with Crippen molar-refractivity contribution in [3.63, 3.8) is 0 Å². The molecule has 1 aliphatic rings. The molecule has 0 radical (unpaired) electrons. The number of sulfonamides is 1. The molecule has 3 N–H and O–H groups in total. The van der Waals surface area contributed by atoms with Crippen molar-refractivity contribution in [2.75, 3.05) is 23.8 Å². The third-order valence-corrected chi connectivity index (χ3v) is 7.02. The highest BCUT2D eigenvalue weighted by atomic mass is 32.2. The molecule has 0 spiro atoms. The highest BCUT2D eigenvalue weighted by molar-refractivity contribution is 8.06. The number of rotatable bonds is 5. The molecule has 1 fully saturated rings. The molecule has 1 aliphatic heterocycles. The third kappa shape index (κ3) is 4.66. The summed E-state index contributed by atoms with van der Waals surface area (Å²) < 4.78 is 22.4. The highest BCUT2D eigenvalue weighted by Crippen LogP contribution is 2.24. The van der Waals surface area contributed by atoms with Crippen molar-refractivity contribution in [3.8, 4) is 0 Å². The maximum Gasteiger partial charge on any atom is 0.238 e. The van der Waals surface area contributed by atoms with E-state index in [0.717, 1.165) is 12.1 Å². The molecule has 2 unspecified atom stereocenters. The molecule has 0 aromatic heterocycles. The average Bonchev–Trinajstić information content (AvgIpc) is 2.45. The lowest BCUT2D eigenvalue weighted by atomic mass is 10.1. The van der Waals surface area contributed by atoms with Crippen LogP contribution in [-0.4, -0.2) is 37.5 Å². The van der Waals surface area contributed by atoms with E-state index >= 15 is 0 Å². The number of thioether (sulfide) groups is 2. The summed E-state index contributed by atoms with van der Waals surface area (Å²) in [6.45, 7) is 3.07. The summed E-state index contributed by atoms with van der Waals surface area (Å²) >= 11 is 4.04. The van der Waals surface area contributed by atoms with Crippen LogP contribution in [-0.2, 0) is 10.0 Å². The molecule has 1 heterocycles. The molecule has 1 aromatic rings. The van der Waals surface area contributed by atoms with Crippen molar-refractivity contribution in [1.82, 2.24) is 5.32 Å². The Hall–Kier alpha value is -0.210. The molecule has 112 valence electrons. The number of benzene rings is 1. The molecule has 0 saturated carbocycles. The van der Waals surface area contributed by atoms with Gasteiger partial charge in [-0.05, 0) is 24.6 Å². The van der Waals surface area contributed by atoms with E-state index in [4.69, 9.17) is 5.14 Å². The van der Waals surface area contributed by atoms with Crippen LogP contribution >= 0.6 is 23.5 Å². The van der Waals surface area contributed by atoms with Gasteiger partial charge in [0, 0.05) is 35.1 Å². The van der Waals surface area contributed by atoms with Gasteiger partial charge in [0.1, 0.15) is 0 Å². The first kappa shape index (κ1) is 16.2. The van der Waals surface area contributed by atoms with Crippen LogP contribution in [0.25, 0.3) is 0 Å². The van der Waals surface area contributed by atoms with Gasteiger partial charge in [-0.25, -0.2) is 13.6 Å². The molecule has 2 atom stereocenters. The Morgan fingerprint density at radius 1 is 1.35 bits per heavy atom. The summed E-state index contributed by atoms with van der Waals surface area (Å²) in [7, 11) is -3.60. The smallest absolute Gasteiger partial charge is 0.238 e. The predicted molar refractivity (Wildman–Crippen MR) is 87.8 cm³/mol. The standard InChI is InChI=1S/C13H20N2O2S3/c1-10(15-8-12-9-18-6-7-19-12)11-2-4-13(5-3-11)20(14,16)17/h2-5,10,12,15H,6-9H2,1H3,(H2,14,16,17). The normalized spacial score (nSPS) is 21.6. The van der Waals surface area contributed by atoms with Crippen LogP contribution in [0.2, 0.25) is 0 Å². The van der Waals surface area contributed by atoms with Gasteiger partial charge in [0.15, 0.2) is 0 Å². The monoisotopic (exact) mass is 332 g/mol. The van der Waals surface area contributed by atoms with Crippen LogP contribution < -0.4 is 10.5 Å². The van der Waals surface area contributed by atoms with E-state index in [1.165, 1.54) is 17.3 Å². The fourth-order valence-electron chi connectivity index (χ4n) is 2.03. The van der Waals surface area contributed by atoms with E-state index in [2.05, 4.69) is 12.2 Å².